The van der Waals surface area contributed by atoms with E-state index in [-0.39, 0.29) is 18.1 Å². The second-order valence-corrected chi connectivity index (χ2v) is 5.21. The van der Waals surface area contributed by atoms with Crippen molar-refractivity contribution in [3.05, 3.63) is 0 Å². The van der Waals surface area contributed by atoms with E-state index in [1.54, 1.807) is 0 Å². The van der Waals surface area contributed by atoms with Crippen molar-refractivity contribution in [3.8, 4) is 0 Å². The van der Waals surface area contributed by atoms with E-state index in [2.05, 4.69) is 12.2 Å². The summed E-state index contributed by atoms with van der Waals surface area (Å²) in [5, 5.41) is 2.82. The number of hydrogen-bond donors (Lipinski definition) is 2. The Morgan fingerprint density at radius 2 is 2.12 bits per heavy atom. The van der Waals surface area contributed by atoms with Crippen molar-refractivity contribution in [2.75, 3.05) is 19.7 Å². The van der Waals surface area contributed by atoms with Crippen LogP contribution in [0.25, 0.3) is 0 Å². The molecular weight excluding hydrogens is 216 g/mol. The molecule has 100 valence electrons. The van der Waals surface area contributed by atoms with Gasteiger partial charge >= 0.3 is 0 Å². The van der Waals surface area contributed by atoms with Gasteiger partial charge in [-0.15, -0.1) is 0 Å². The van der Waals surface area contributed by atoms with E-state index in [1.807, 2.05) is 6.92 Å². The summed E-state index contributed by atoms with van der Waals surface area (Å²) in [6.45, 7) is 5.67. The SMILES string of the molecule is CCCNC(=O)COC1(CN)CCC(C)CC1. The van der Waals surface area contributed by atoms with Crippen LogP contribution in [-0.2, 0) is 9.53 Å². The standard InChI is InChI=1S/C13H26N2O2/c1-3-8-15-12(16)9-17-13(10-14)6-4-11(2)5-7-13/h11H,3-10,14H2,1-2H3,(H,15,16). The molecule has 0 saturated heterocycles. The molecule has 4 heteroatoms. The Labute approximate surface area is 104 Å². The van der Waals surface area contributed by atoms with Crippen LogP contribution in [0.3, 0.4) is 0 Å². The van der Waals surface area contributed by atoms with Crippen LogP contribution in [0.5, 0.6) is 0 Å². The smallest absolute Gasteiger partial charge is 0.246 e. The van der Waals surface area contributed by atoms with Crippen molar-refractivity contribution in [1.82, 2.24) is 5.32 Å². The molecule has 1 fully saturated rings. The highest BCUT2D eigenvalue weighted by Gasteiger charge is 2.34. The first-order valence-electron chi connectivity index (χ1n) is 6.72. The normalized spacial score (nSPS) is 29.0. The van der Waals surface area contributed by atoms with Crippen molar-refractivity contribution in [1.29, 1.82) is 0 Å². The molecule has 3 N–H and O–H groups in total. The summed E-state index contributed by atoms with van der Waals surface area (Å²) >= 11 is 0. The van der Waals surface area contributed by atoms with E-state index in [1.165, 1.54) is 0 Å². The number of nitrogens with two attached hydrogens (primary N) is 1. The van der Waals surface area contributed by atoms with Crippen LogP contribution >= 0.6 is 0 Å². The van der Waals surface area contributed by atoms with Gasteiger partial charge in [0.25, 0.3) is 0 Å². The Balaban J connectivity index is 2.34. The van der Waals surface area contributed by atoms with Crippen LogP contribution in [0.1, 0.15) is 46.0 Å². The summed E-state index contributed by atoms with van der Waals surface area (Å²) in [7, 11) is 0. The average Bonchev–Trinajstić information content (AvgIpc) is 2.36. The Kier molecular flexibility index (Phi) is 5.92. The van der Waals surface area contributed by atoms with Crippen LogP contribution in [0.2, 0.25) is 0 Å². The molecule has 0 spiro atoms. The Morgan fingerprint density at radius 3 is 2.65 bits per heavy atom. The molecule has 0 unspecified atom stereocenters. The molecule has 1 aliphatic carbocycles. The van der Waals surface area contributed by atoms with Gasteiger partial charge in [-0.2, -0.15) is 0 Å². The number of hydrogen-bond acceptors (Lipinski definition) is 3. The fourth-order valence-electron chi connectivity index (χ4n) is 2.23. The average molecular weight is 242 g/mol. The summed E-state index contributed by atoms with van der Waals surface area (Å²) in [6.07, 6.45) is 5.20. The Hall–Kier alpha value is -0.610. The number of ether oxygens (including phenoxy) is 1. The van der Waals surface area contributed by atoms with Gasteiger partial charge in [0.15, 0.2) is 0 Å². The molecule has 1 amide bonds. The zero-order valence-electron chi connectivity index (χ0n) is 11.1. The van der Waals surface area contributed by atoms with Gasteiger partial charge in [0.1, 0.15) is 6.61 Å². The highest BCUT2D eigenvalue weighted by molar-refractivity contribution is 5.77. The second kappa shape index (κ2) is 6.97. The molecule has 0 radical (unpaired) electrons. The molecule has 0 aromatic carbocycles. The number of carbonyl (C=O) groups excluding carboxylic acids is 1. The summed E-state index contributed by atoms with van der Waals surface area (Å²) < 4.78 is 5.79. The maximum Gasteiger partial charge on any atom is 0.246 e. The largest absolute Gasteiger partial charge is 0.364 e. The first kappa shape index (κ1) is 14.5. The zero-order chi connectivity index (χ0) is 12.7. The lowest BCUT2D eigenvalue weighted by molar-refractivity contribution is -0.136. The number of rotatable bonds is 6. The van der Waals surface area contributed by atoms with Crippen molar-refractivity contribution in [2.24, 2.45) is 11.7 Å². The number of carbonyl (C=O) groups is 1. The number of amides is 1. The predicted molar refractivity (Wildman–Crippen MR) is 68.7 cm³/mol. The quantitative estimate of drug-likeness (QED) is 0.740. The molecule has 1 rings (SSSR count). The molecular formula is C13H26N2O2. The fraction of sp³-hybridized carbons (Fsp3) is 0.923. The van der Waals surface area contributed by atoms with E-state index >= 15 is 0 Å². The minimum atomic E-state index is -0.254. The van der Waals surface area contributed by atoms with Crippen LogP contribution in [0.4, 0.5) is 0 Å². The zero-order valence-corrected chi connectivity index (χ0v) is 11.1. The van der Waals surface area contributed by atoms with Gasteiger partial charge in [0.2, 0.25) is 5.91 Å². The molecule has 0 atom stereocenters. The Bertz CT molecular complexity index is 236. The molecule has 0 heterocycles. The first-order chi connectivity index (χ1) is 8.12. The van der Waals surface area contributed by atoms with Gasteiger partial charge in [-0.1, -0.05) is 13.8 Å². The Morgan fingerprint density at radius 1 is 1.47 bits per heavy atom. The topological polar surface area (TPSA) is 64.3 Å². The summed E-state index contributed by atoms with van der Waals surface area (Å²) in [6, 6.07) is 0. The third kappa shape index (κ3) is 4.64. The lowest BCUT2D eigenvalue weighted by Crippen LogP contribution is -2.46. The van der Waals surface area contributed by atoms with Crippen molar-refractivity contribution in [2.45, 2.75) is 51.6 Å². The highest BCUT2D eigenvalue weighted by atomic mass is 16.5. The van der Waals surface area contributed by atoms with Crippen molar-refractivity contribution in [3.63, 3.8) is 0 Å². The van der Waals surface area contributed by atoms with Crippen molar-refractivity contribution < 1.29 is 9.53 Å². The fourth-order valence-corrected chi connectivity index (χ4v) is 2.23. The molecule has 0 bridgehead atoms. The third-order valence-corrected chi connectivity index (χ3v) is 3.64. The van der Waals surface area contributed by atoms with Gasteiger partial charge in [-0.25, -0.2) is 0 Å². The molecule has 0 aromatic rings. The summed E-state index contributed by atoms with van der Waals surface area (Å²) in [5.41, 5.74) is 5.56. The van der Waals surface area contributed by atoms with E-state index < -0.39 is 0 Å². The minimum absolute atomic E-state index is 0.0294. The minimum Gasteiger partial charge on any atom is -0.364 e. The second-order valence-electron chi connectivity index (χ2n) is 5.21. The van der Waals surface area contributed by atoms with Gasteiger partial charge in [0, 0.05) is 13.1 Å². The molecule has 17 heavy (non-hydrogen) atoms. The van der Waals surface area contributed by atoms with E-state index in [9.17, 15) is 4.79 Å². The molecule has 1 saturated carbocycles. The van der Waals surface area contributed by atoms with E-state index in [4.69, 9.17) is 10.5 Å². The monoisotopic (exact) mass is 242 g/mol. The van der Waals surface area contributed by atoms with Crippen LogP contribution in [0.15, 0.2) is 0 Å². The molecule has 1 aliphatic rings. The molecule has 4 nitrogen and oxygen atoms in total. The maximum absolute atomic E-state index is 11.5. The predicted octanol–water partition coefficient (Wildman–Crippen LogP) is 1.44. The van der Waals surface area contributed by atoms with E-state index in [0.717, 1.165) is 44.6 Å². The van der Waals surface area contributed by atoms with Crippen LogP contribution in [0, 0.1) is 5.92 Å². The van der Waals surface area contributed by atoms with E-state index in [0.29, 0.717) is 6.54 Å². The third-order valence-electron chi connectivity index (χ3n) is 3.64. The van der Waals surface area contributed by atoms with Crippen LogP contribution in [-0.4, -0.2) is 31.2 Å². The van der Waals surface area contributed by atoms with Gasteiger partial charge < -0.3 is 15.8 Å². The van der Waals surface area contributed by atoms with Gasteiger partial charge in [0.05, 0.1) is 5.60 Å². The van der Waals surface area contributed by atoms with Gasteiger partial charge in [-0.05, 0) is 38.0 Å². The highest BCUT2D eigenvalue weighted by Crippen LogP contribution is 2.33. The molecule has 0 aliphatic heterocycles. The molecule has 0 aromatic heterocycles. The van der Waals surface area contributed by atoms with Gasteiger partial charge in [-0.3, -0.25) is 4.79 Å². The lowest BCUT2D eigenvalue weighted by Gasteiger charge is -2.38. The summed E-state index contributed by atoms with van der Waals surface area (Å²) in [4.78, 5) is 11.5. The first-order valence-corrected chi connectivity index (χ1v) is 6.72. The number of nitrogens with one attached hydrogen (secondary N) is 1. The summed E-state index contributed by atoms with van der Waals surface area (Å²) in [5.74, 6) is 0.727. The lowest BCUT2D eigenvalue weighted by atomic mass is 9.79. The maximum atomic E-state index is 11.5. The van der Waals surface area contributed by atoms with Crippen molar-refractivity contribution >= 4 is 5.91 Å². The van der Waals surface area contributed by atoms with Crippen LogP contribution < -0.4 is 11.1 Å².